The standard InChI is InChI=1S/C54H30B2N2O4/c1-7-19-41-33(13-1)34-14-2-8-20-42(34)57(41)31-25-49-53-51(27-31)61-47-30-48-40(29-39(47)55(53)37-17-5-11-23-45(37)59-49)56-38-18-6-12-24-46(38)60-50-26-32(28-52(62-48)54(50)56)58-43-21-9-3-15-35(43)36-16-4-10-22-44(36)58/h1-30H. The van der Waals surface area contributed by atoms with Gasteiger partial charge >= 0.3 is 0 Å². The van der Waals surface area contributed by atoms with Crippen molar-refractivity contribution in [2.24, 2.45) is 0 Å². The van der Waals surface area contributed by atoms with Gasteiger partial charge in [-0.1, -0.05) is 115 Å². The van der Waals surface area contributed by atoms with Gasteiger partial charge in [0, 0.05) is 62.8 Å². The number of fused-ring (bicyclic) bond motifs is 14. The third-order valence-electron chi connectivity index (χ3n) is 13.5. The van der Waals surface area contributed by atoms with Crippen molar-refractivity contribution in [1.82, 2.24) is 9.13 Å². The highest BCUT2D eigenvalue weighted by Gasteiger charge is 2.45. The number of para-hydroxylation sites is 6. The molecule has 8 heteroatoms. The maximum Gasteiger partial charge on any atom is 0.260 e. The maximum atomic E-state index is 7.11. The molecular formula is C54H30B2N2O4. The highest BCUT2D eigenvalue weighted by Crippen LogP contribution is 2.43. The number of rotatable bonds is 2. The van der Waals surface area contributed by atoms with Crippen LogP contribution in [-0.2, 0) is 0 Å². The number of nitrogens with zero attached hydrogens (tertiary/aromatic N) is 2. The van der Waals surface area contributed by atoms with Crippen LogP contribution in [0.4, 0.5) is 0 Å². The summed E-state index contributed by atoms with van der Waals surface area (Å²) in [5.74, 6) is 6.37. The van der Waals surface area contributed by atoms with Crippen LogP contribution in [-0.4, -0.2) is 22.6 Å². The molecule has 0 aliphatic carbocycles. The summed E-state index contributed by atoms with van der Waals surface area (Å²) in [6.07, 6.45) is 0. The first-order valence-corrected chi connectivity index (χ1v) is 21.1. The maximum absolute atomic E-state index is 7.11. The number of hydrogen-bond donors (Lipinski definition) is 0. The van der Waals surface area contributed by atoms with Crippen LogP contribution in [0, 0.1) is 0 Å². The van der Waals surface area contributed by atoms with Gasteiger partial charge in [0.2, 0.25) is 0 Å². The lowest BCUT2D eigenvalue weighted by Crippen LogP contribution is -2.61. The zero-order chi connectivity index (χ0) is 40.2. The fourth-order valence-corrected chi connectivity index (χ4v) is 11.0. The molecule has 62 heavy (non-hydrogen) atoms. The van der Waals surface area contributed by atoms with Crippen LogP contribution in [0.3, 0.4) is 0 Å². The molecule has 11 aromatic rings. The monoisotopic (exact) mass is 792 g/mol. The Bertz CT molecular complexity index is 3460. The lowest BCUT2D eigenvalue weighted by molar-refractivity contribution is 0.451. The summed E-state index contributed by atoms with van der Waals surface area (Å²) in [5, 5.41) is 4.81. The van der Waals surface area contributed by atoms with E-state index in [1.165, 1.54) is 21.5 Å². The topological polar surface area (TPSA) is 46.8 Å². The summed E-state index contributed by atoms with van der Waals surface area (Å²) in [6.45, 7) is -0.250. The molecular weight excluding hydrogens is 762 g/mol. The minimum absolute atomic E-state index is 0.125. The Morgan fingerprint density at radius 1 is 0.274 bits per heavy atom. The minimum Gasteiger partial charge on any atom is -0.458 e. The summed E-state index contributed by atoms with van der Waals surface area (Å²) < 4.78 is 32.5. The van der Waals surface area contributed by atoms with Crippen LogP contribution in [0.25, 0.3) is 55.0 Å². The summed E-state index contributed by atoms with van der Waals surface area (Å²) in [6, 6.07) is 64.3. The van der Waals surface area contributed by atoms with Gasteiger partial charge in [-0.25, -0.2) is 0 Å². The summed E-state index contributed by atoms with van der Waals surface area (Å²) in [4.78, 5) is 0. The van der Waals surface area contributed by atoms with Gasteiger partial charge in [0.05, 0.1) is 33.4 Å². The first-order chi connectivity index (χ1) is 30.7. The predicted molar refractivity (Wildman–Crippen MR) is 250 cm³/mol. The largest absolute Gasteiger partial charge is 0.458 e. The molecule has 0 N–H and O–H groups in total. The molecule has 15 rings (SSSR count). The van der Waals surface area contributed by atoms with Gasteiger partial charge in [-0.2, -0.15) is 0 Å². The van der Waals surface area contributed by atoms with Crippen LogP contribution in [0.15, 0.2) is 182 Å². The molecule has 0 radical (unpaired) electrons. The van der Waals surface area contributed by atoms with Gasteiger partial charge in [-0.15, -0.1) is 0 Å². The fourth-order valence-electron chi connectivity index (χ4n) is 11.0. The molecule has 286 valence electrons. The van der Waals surface area contributed by atoms with Crippen molar-refractivity contribution in [2.75, 3.05) is 0 Å². The second-order valence-electron chi connectivity index (χ2n) is 16.7. The number of ether oxygens (including phenoxy) is 4. The van der Waals surface area contributed by atoms with Gasteiger partial charge in [0.15, 0.2) is 0 Å². The quantitative estimate of drug-likeness (QED) is 0.164. The molecule has 4 aliphatic heterocycles. The van der Waals surface area contributed by atoms with Crippen molar-refractivity contribution < 1.29 is 18.9 Å². The van der Waals surface area contributed by atoms with E-state index in [0.717, 1.165) is 112 Å². The lowest BCUT2D eigenvalue weighted by Gasteiger charge is -2.37. The molecule has 4 aliphatic rings. The average molecular weight is 792 g/mol. The Morgan fingerprint density at radius 2 is 0.597 bits per heavy atom. The molecule has 0 bridgehead atoms. The van der Waals surface area contributed by atoms with Gasteiger partial charge in [-0.3, -0.25) is 0 Å². The molecule has 0 amide bonds. The number of benzene rings is 9. The summed E-state index contributed by atoms with van der Waals surface area (Å²) in [5.41, 5.74) is 12.9. The van der Waals surface area contributed by atoms with Crippen molar-refractivity contribution in [2.45, 2.75) is 0 Å². The Hall–Kier alpha value is -8.09. The fraction of sp³-hybridized carbons (Fsp3) is 0. The highest BCUT2D eigenvalue weighted by atomic mass is 16.5. The molecule has 0 spiro atoms. The third kappa shape index (κ3) is 4.25. The smallest absolute Gasteiger partial charge is 0.260 e. The van der Waals surface area contributed by atoms with Crippen molar-refractivity contribution >= 4 is 89.8 Å². The van der Waals surface area contributed by atoms with E-state index in [0.29, 0.717) is 0 Å². The normalized spacial score (nSPS) is 13.6. The molecule has 6 heterocycles. The van der Waals surface area contributed by atoms with Crippen LogP contribution in [0.2, 0.25) is 0 Å². The third-order valence-corrected chi connectivity index (χ3v) is 13.5. The van der Waals surface area contributed by atoms with Crippen LogP contribution in [0.1, 0.15) is 0 Å². The van der Waals surface area contributed by atoms with Crippen molar-refractivity contribution in [3.05, 3.63) is 182 Å². The van der Waals surface area contributed by atoms with E-state index in [9.17, 15) is 0 Å². The Morgan fingerprint density at radius 3 is 0.984 bits per heavy atom. The second kappa shape index (κ2) is 11.8. The molecule has 0 unspecified atom stereocenters. The number of hydrogen-bond acceptors (Lipinski definition) is 4. The second-order valence-corrected chi connectivity index (χ2v) is 16.7. The first-order valence-electron chi connectivity index (χ1n) is 21.1. The first kappa shape index (κ1) is 32.7. The molecule has 2 aromatic heterocycles. The molecule has 9 aromatic carbocycles. The highest BCUT2D eigenvalue weighted by molar-refractivity contribution is 7.01. The zero-order valence-electron chi connectivity index (χ0n) is 33.0. The molecule has 0 saturated heterocycles. The minimum atomic E-state index is -0.125. The van der Waals surface area contributed by atoms with E-state index < -0.39 is 0 Å². The van der Waals surface area contributed by atoms with Crippen molar-refractivity contribution in [3.63, 3.8) is 0 Å². The lowest BCUT2D eigenvalue weighted by atomic mass is 9.31. The van der Waals surface area contributed by atoms with Crippen LogP contribution >= 0.6 is 0 Å². The van der Waals surface area contributed by atoms with E-state index >= 15 is 0 Å². The zero-order valence-corrected chi connectivity index (χ0v) is 33.0. The van der Waals surface area contributed by atoms with E-state index in [-0.39, 0.29) is 13.4 Å². The molecule has 0 atom stereocenters. The number of aromatic nitrogens is 2. The Balaban J connectivity index is 0.948. The predicted octanol–water partition coefficient (Wildman–Crippen LogP) is 9.34. The molecule has 0 saturated carbocycles. The average Bonchev–Trinajstić information content (AvgIpc) is 3.84. The molecule has 0 fully saturated rings. The van der Waals surface area contributed by atoms with Crippen LogP contribution in [0.5, 0.6) is 46.0 Å². The SMILES string of the molecule is c1ccc2c(c1)Oc1cc(-n3c4ccccc4c4ccccc43)cc3c1B2c1cc2c(cc1O3)Oc1cc(-n3c4ccccc4c4ccccc43)cc3c1B2c1ccccc1O3. The van der Waals surface area contributed by atoms with Gasteiger partial charge in [0.1, 0.15) is 46.0 Å². The van der Waals surface area contributed by atoms with Gasteiger partial charge in [-0.05, 0) is 58.2 Å². The Labute approximate surface area is 355 Å². The summed E-state index contributed by atoms with van der Waals surface area (Å²) in [7, 11) is 0. The van der Waals surface area contributed by atoms with Gasteiger partial charge < -0.3 is 28.1 Å². The molecule has 6 nitrogen and oxygen atoms in total. The van der Waals surface area contributed by atoms with E-state index in [1.807, 2.05) is 12.1 Å². The van der Waals surface area contributed by atoms with E-state index in [1.54, 1.807) is 0 Å². The van der Waals surface area contributed by atoms with E-state index in [2.05, 4.69) is 179 Å². The van der Waals surface area contributed by atoms with E-state index in [4.69, 9.17) is 18.9 Å². The van der Waals surface area contributed by atoms with Gasteiger partial charge in [0.25, 0.3) is 13.4 Å². The van der Waals surface area contributed by atoms with Crippen molar-refractivity contribution in [3.8, 4) is 57.4 Å². The van der Waals surface area contributed by atoms with Crippen LogP contribution < -0.4 is 51.7 Å². The summed E-state index contributed by atoms with van der Waals surface area (Å²) >= 11 is 0. The van der Waals surface area contributed by atoms with Crippen molar-refractivity contribution in [1.29, 1.82) is 0 Å². The Kier molecular flexibility index (Phi) is 6.23.